The lowest BCUT2D eigenvalue weighted by molar-refractivity contribution is -0.380. The van der Waals surface area contributed by atoms with E-state index in [1.807, 2.05) is 20.8 Å². The third-order valence-electron chi connectivity index (χ3n) is 20.5. The van der Waals surface area contributed by atoms with Crippen molar-refractivity contribution in [1.82, 2.24) is 0 Å². The number of aliphatic hydroxyl groups excluding tert-OH is 15. The molecular weight excluding hydrogens is 1050 g/mol. The van der Waals surface area contributed by atoms with Crippen molar-refractivity contribution in [3.63, 3.8) is 0 Å². The Morgan fingerprint density at radius 1 is 0.608 bits per heavy atom. The highest BCUT2D eigenvalue weighted by atomic mass is 16.8. The molecule has 7 fully saturated rings. The summed E-state index contributed by atoms with van der Waals surface area (Å²) in [5.74, 6) is -1.08. The van der Waals surface area contributed by atoms with Gasteiger partial charge in [-0.2, -0.15) is 0 Å². The monoisotopic (exact) mass is 1140 g/mol. The van der Waals surface area contributed by atoms with E-state index in [-0.39, 0.29) is 30.0 Å². The maximum absolute atomic E-state index is 15.0. The van der Waals surface area contributed by atoms with E-state index in [1.54, 1.807) is 6.08 Å². The van der Waals surface area contributed by atoms with Crippen LogP contribution in [-0.4, -0.2) is 261 Å². The summed E-state index contributed by atoms with van der Waals surface area (Å²) in [6, 6.07) is 0. The fourth-order valence-electron chi connectivity index (χ4n) is 15.4. The van der Waals surface area contributed by atoms with Crippen molar-refractivity contribution in [3.05, 3.63) is 11.6 Å². The van der Waals surface area contributed by atoms with Crippen LogP contribution >= 0.6 is 0 Å². The molecular formula is C54H90O25. The Hall–Kier alpha value is -1.55. The Balaban J connectivity index is 1.00. The molecule has 0 aromatic carbocycles. The topological polar surface area (TPSA) is 415 Å². The summed E-state index contributed by atoms with van der Waals surface area (Å²) in [6.07, 6.45) is -31.1. The first-order chi connectivity index (χ1) is 36.8. The van der Waals surface area contributed by atoms with Crippen molar-refractivity contribution in [2.45, 2.75) is 247 Å². The third-order valence-corrected chi connectivity index (χ3v) is 20.5. The smallest absolute Gasteiger partial charge is 0.187 e. The van der Waals surface area contributed by atoms with Gasteiger partial charge < -0.3 is 120 Å². The number of hydrogen-bond acceptors (Lipinski definition) is 25. The zero-order valence-corrected chi connectivity index (χ0v) is 46.3. The van der Waals surface area contributed by atoms with Gasteiger partial charge in [0.2, 0.25) is 0 Å². The molecule has 16 N–H and O–H groups in total. The van der Waals surface area contributed by atoms with E-state index >= 15 is 4.79 Å². The van der Waals surface area contributed by atoms with Crippen LogP contribution in [0.4, 0.5) is 0 Å². The SMILES string of the molecule is C[C@H](CC[C@@H](O[C@@H]1O[C@H](CO[C@H]2O[C@H](CO)[C@@H](O)[C@H](O)[C@H]2O)[C@@H](O)[C@H](O)[C@H]1O[C@H]1O[C@@H](CO)[C@H](O)[C@@H](O)[C@@H]1O)C(C)(C)O)C1CC[C@@]2(C)C3C(=O)C=C4C(CC[C@H](O[C@@H]5O[C@H](CO)[C@@H](O)[C@H](O)[C@H]5O)C4(C)C)[C@]3(C)[C@H](O)C[C@]12C. The summed E-state index contributed by atoms with van der Waals surface area (Å²) in [4.78, 5) is 15.0. The minimum atomic E-state index is -1.96. The molecule has 8 rings (SSSR count). The molecule has 25 heteroatoms. The first-order valence-electron chi connectivity index (χ1n) is 28.0. The molecule has 4 saturated heterocycles. The lowest BCUT2D eigenvalue weighted by Crippen LogP contribution is -2.67. The van der Waals surface area contributed by atoms with Gasteiger partial charge in [-0.15, -0.1) is 0 Å². The lowest BCUT2D eigenvalue weighted by atomic mass is 9.38. The van der Waals surface area contributed by atoms with Gasteiger partial charge in [0, 0.05) is 16.7 Å². The Morgan fingerprint density at radius 2 is 1.10 bits per heavy atom. The first kappa shape index (κ1) is 63.5. The van der Waals surface area contributed by atoms with E-state index in [4.69, 9.17) is 37.9 Å². The Kier molecular flexibility index (Phi) is 19.1. The molecule has 0 aromatic heterocycles. The van der Waals surface area contributed by atoms with Crippen molar-refractivity contribution in [2.24, 2.45) is 45.3 Å². The predicted octanol–water partition coefficient (Wildman–Crippen LogP) is -4.05. The largest absolute Gasteiger partial charge is 0.394 e. The van der Waals surface area contributed by atoms with E-state index in [2.05, 4.69) is 20.8 Å². The van der Waals surface area contributed by atoms with Gasteiger partial charge >= 0.3 is 0 Å². The van der Waals surface area contributed by atoms with E-state index in [0.717, 1.165) is 5.57 Å². The normalized spacial score (nSPS) is 51.0. The zero-order valence-electron chi connectivity index (χ0n) is 46.3. The van der Waals surface area contributed by atoms with Crippen LogP contribution in [0.25, 0.3) is 0 Å². The minimum absolute atomic E-state index is 0.0504. The molecule has 25 nitrogen and oxygen atoms in total. The number of aliphatic hydroxyl groups is 16. The number of ketones is 1. The number of allylic oxidation sites excluding steroid dienone is 1. The molecule has 456 valence electrons. The van der Waals surface area contributed by atoms with Crippen LogP contribution in [0.3, 0.4) is 0 Å². The predicted molar refractivity (Wildman–Crippen MR) is 268 cm³/mol. The third kappa shape index (κ3) is 11.1. The summed E-state index contributed by atoms with van der Waals surface area (Å²) in [5, 5.41) is 172. The molecule has 0 radical (unpaired) electrons. The van der Waals surface area contributed by atoms with Crippen LogP contribution in [0.1, 0.15) is 100 Å². The van der Waals surface area contributed by atoms with Crippen LogP contribution in [0.15, 0.2) is 11.6 Å². The number of rotatable bonds is 17. The average molecular weight is 1140 g/mol. The molecule has 4 aliphatic carbocycles. The second kappa shape index (κ2) is 23.7. The molecule has 0 spiro atoms. The number of ether oxygens (including phenoxy) is 8. The minimum Gasteiger partial charge on any atom is -0.394 e. The highest BCUT2D eigenvalue weighted by Gasteiger charge is 2.72. The van der Waals surface area contributed by atoms with Crippen LogP contribution in [0.2, 0.25) is 0 Å². The highest BCUT2D eigenvalue weighted by molar-refractivity contribution is 5.95. The number of hydrogen-bond donors (Lipinski definition) is 16. The van der Waals surface area contributed by atoms with Gasteiger partial charge in [-0.1, -0.05) is 47.1 Å². The quantitative estimate of drug-likeness (QED) is 0.0659. The Morgan fingerprint density at radius 3 is 1.63 bits per heavy atom. The maximum Gasteiger partial charge on any atom is 0.187 e. The molecule has 3 saturated carbocycles. The second-order valence-electron chi connectivity index (χ2n) is 25.9. The second-order valence-corrected chi connectivity index (χ2v) is 25.9. The van der Waals surface area contributed by atoms with Crippen molar-refractivity contribution < 1.29 is 124 Å². The molecule has 8 aliphatic rings. The van der Waals surface area contributed by atoms with Gasteiger partial charge in [0.15, 0.2) is 30.9 Å². The lowest BCUT2D eigenvalue weighted by Gasteiger charge is -2.66. The maximum atomic E-state index is 15.0. The standard InChI is InChI=1S/C54H90O25/c1-21(22-13-14-52(6)45-25(58)15-24-23(54(45,8)30(59)16-53(22,52)7)10-12-31(50(24,2)3)77-47-42(69)38(65)34(61)27(18-56)74-47)9-11-32(51(4,5)71)78-49-44(79-48-43(70)39(66)35(62)28(19-57)75-48)40(67)36(63)29(76-49)20-72-46-41(68)37(64)33(60)26(17-55)73-46/h15,21-23,26-49,55-57,59-71H,9-14,16-20H2,1-8H3/t21-,22?,23?,26-,27-,28+,29-,30-,31+,32-,33-,34-,35+,36-,37+,38+,39-,40+,41-,42-,43+,44-,45?,46+,47+,48-,49+,52+,53-,54-/m1/s1. The molecule has 30 atom stereocenters. The van der Waals surface area contributed by atoms with E-state index < -0.39 is 201 Å². The van der Waals surface area contributed by atoms with Crippen molar-refractivity contribution in [1.29, 1.82) is 0 Å². The van der Waals surface area contributed by atoms with Crippen LogP contribution < -0.4 is 0 Å². The van der Waals surface area contributed by atoms with E-state index in [9.17, 15) is 81.7 Å². The summed E-state index contributed by atoms with van der Waals surface area (Å²) in [6.45, 7) is 12.4. The highest BCUT2D eigenvalue weighted by Crippen LogP contribution is 2.74. The number of fused-ring (bicyclic) bond motifs is 5. The molecule has 3 unspecified atom stereocenters. The Labute approximate surface area is 459 Å². The van der Waals surface area contributed by atoms with Crippen molar-refractivity contribution >= 4 is 5.78 Å². The fourth-order valence-corrected chi connectivity index (χ4v) is 15.4. The summed E-state index contributed by atoms with van der Waals surface area (Å²) in [5.41, 5.74) is -3.71. The Bertz CT molecular complexity index is 2100. The van der Waals surface area contributed by atoms with Crippen LogP contribution in [-0.2, 0) is 42.7 Å². The zero-order chi connectivity index (χ0) is 58.4. The number of carbonyl (C=O) groups is 1. The van der Waals surface area contributed by atoms with Gasteiger partial charge in [0.25, 0.3) is 0 Å². The van der Waals surface area contributed by atoms with E-state index in [0.29, 0.717) is 38.5 Å². The van der Waals surface area contributed by atoms with Gasteiger partial charge in [-0.3, -0.25) is 4.79 Å². The fraction of sp³-hybridized carbons (Fsp3) is 0.944. The van der Waals surface area contributed by atoms with Gasteiger partial charge in [-0.05, 0) is 93.5 Å². The molecule has 4 heterocycles. The number of carbonyl (C=O) groups excluding carboxylic acids is 1. The summed E-state index contributed by atoms with van der Waals surface area (Å²) < 4.78 is 47.5. The first-order valence-corrected chi connectivity index (χ1v) is 28.0. The summed E-state index contributed by atoms with van der Waals surface area (Å²) >= 11 is 0. The van der Waals surface area contributed by atoms with Gasteiger partial charge in [0.1, 0.15) is 97.7 Å². The van der Waals surface area contributed by atoms with E-state index in [1.165, 1.54) is 13.8 Å². The molecule has 79 heavy (non-hydrogen) atoms. The van der Waals surface area contributed by atoms with Crippen molar-refractivity contribution in [2.75, 3.05) is 26.4 Å². The van der Waals surface area contributed by atoms with Crippen molar-refractivity contribution in [3.8, 4) is 0 Å². The summed E-state index contributed by atoms with van der Waals surface area (Å²) in [7, 11) is 0. The average Bonchev–Trinajstić information content (AvgIpc) is 3.69. The van der Waals surface area contributed by atoms with Gasteiger partial charge in [0.05, 0.1) is 50.3 Å². The van der Waals surface area contributed by atoms with Crippen LogP contribution in [0.5, 0.6) is 0 Å². The van der Waals surface area contributed by atoms with Crippen LogP contribution in [0, 0.1) is 45.3 Å². The molecule has 0 amide bonds. The molecule has 0 aromatic rings. The molecule has 0 bridgehead atoms. The molecule has 4 aliphatic heterocycles. The van der Waals surface area contributed by atoms with Gasteiger partial charge in [-0.25, -0.2) is 0 Å².